The van der Waals surface area contributed by atoms with Crippen LogP contribution < -0.4 is 0 Å². The molecule has 0 bridgehead atoms. The van der Waals surface area contributed by atoms with E-state index >= 15 is 0 Å². The lowest BCUT2D eigenvalue weighted by Gasteiger charge is -2.34. The van der Waals surface area contributed by atoms with Crippen molar-refractivity contribution in [2.75, 3.05) is 32.7 Å². The Labute approximate surface area is 145 Å². The predicted molar refractivity (Wildman–Crippen MR) is 91.0 cm³/mol. The Balaban J connectivity index is 1.53. The number of rotatable bonds is 4. The van der Waals surface area contributed by atoms with Crippen molar-refractivity contribution in [3.8, 4) is 0 Å². The third kappa shape index (κ3) is 4.05. The standard InChI is InChI=1S/C16H18Cl2N4O/c17-13-2-3-14(15(18)12-13)16(23)21-9-6-20(7-10-21)8-11-22-5-1-4-19-22/h1-5,12H,6-11H2. The number of carbonyl (C=O) groups is 1. The Morgan fingerprint density at radius 1 is 1.13 bits per heavy atom. The van der Waals surface area contributed by atoms with Crippen LogP contribution in [0.3, 0.4) is 0 Å². The van der Waals surface area contributed by atoms with Crippen molar-refractivity contribution in [3.05, 3.63) is 52.3 Å². The SMILES string of the molecule is O=C(c1ccc(Cl)cc1Cl)N1CCN(CCn2cccn2)CC1. The lowest BCUT2D eigenvalue weighted by Crippen LogP contribution is -2.49. The topological polar surface area (TPSA) is 41.4 Å². The van der Waals surface area contributed by atoms with Crippen LogP contribution in [0.4, 0.5) is 0 Å². The van der Waals surface area contributed by atoms with E-state index in [4.69, 9.17) is 23.2 Å². The average molecular weight is 353 g/mol. The zero-order valence-corrected chi connectivity index (χ0v) is 14.2. The lowest BCUT2D eigenvalue weighted by atomic mass is 10.2. The Kier molecular flexibility index (Phi) is 5.20. The number of hydrogen-bond donors (Lipinski definition) is 0. The van der Waals surface area contributed by atoms with Crippen LogP contribution >= 0.6 is 23.2 Å². The summed E-state index contributed by atoms with van der Waals surface area (Å²) >= 11 is 12.0. The number of halogens is 2. The van der Waals surface area contributed by atoms with E-state index in [1.807, 2.05) is 21.8 Å². The largest absolute Gasteiger partial charge is 0.336 e. The van der Waals surface area contributed by atoms with Crippen molar-refractivity contribution in [2.24, 2.45) is 0 Å². The predicted octanol–water partition coefficient (Wildman–Crippen LogP) is 2.65. The molecule has 1 amide bonds. The summed E-state index contributed by atoms with van der Waals surface area (Å²) < 4.78 is 1.92. The molecule has 1 aliphatic rings. The van der Waals surface area contributed by atoms with Crippen LogP contribution in [0.25, 0.3) is 0 Å². The van der Waals surface area contributed by atoms with Crippen molar-refractivity contribution in [2.45, 2.75) is 6.54 Å². The molecule has 0 atom stereocenters. The van der Waals surface area contributed by atoms with Crippen molar-refractivity contribution in [1.29, 1.82) is 0 Å². The summed E-state index contributed by atoms with van der Waals surface area (Å²) in [5, 5.41) is 5.14. The molecule has 1 aromatic heterocycles. The lowest BCUT2D eigenvalue weighted by molar-refractivity contribution is 0.0632. The van der Waals surface area contributed by atoms with Gasteiger partial charge in [-0.3, -0.25) is 14.4 Å². The minimum absolute atomic E-state index is 0.0293. The van der Waals surface area contributed by atoms with Gasteiger partial charge in [0.25, 0.3) is 5.91 Å². The van der Waals surface area contributed by atoms with Crippen molar-refractivity contribution in [1.82, 2.24) is 19.6 Å². The molecule has 0 saturated carbocycles. The highest BCUT2D eigenvalue weighted by Gasteiger charge is 2.23. The Morgan fingerprint density at radius 3 is 2.57 bits per heavy atom. The molecular weight excluding hydrogens is 335 g/mol. The highest BCUT2D eigenvalue weighted by Crippen LogP contribution is 2.22. The van der Waals surface area contributed by atoms with Crippen LogP contribution in [0.15, 0.2) is 36.7 Å². The Bertz CT molecular complexity index is 667. The summed E-state index contributed by atoms with van der Waals surface area (Å²) in [4.78, 5) is 16.7. The van der Waals surface area contributed by atoms with Gasteiger partial charge >= 0.3 is 0 Å². The number of benzene rings is 1. The van der Waals surface area contributed by atoms with Gasteiger partial charge in [-0.2, -0.15) is 5.10 Å². The number of hydrogen-bond acceptors (Lipinski definition) is 3. The molecular formula is C16H18Cl2N4O. The van der Waals surface area contributed by atoms with Gasteiger partial charge in [-0.15, -0.1) is 0 Å². The van der Waals surface area contributed by atoms with Gasteiger partial charge in [0, 0.05) is 50.1 Å². The zero-order chi connectivity index (χ0) is 16.2. The molecule has 0 N–H and O–H groups in total. The third-order valence-electron chi connectivity index (χ3n) is 4.03. The minimum atomic E-state index is -0.0293. The molecule has 2 aromatic rings. The highest BCUT2D eigenvalue weighted by molar-refractivity contribution is 6.36. The van der Waals surface area contributed by atoms with Gasteiger partial charge in [0.05, 0.1) is 17.1 Å². The molecule has 23 heavy (non-hydrogen) atoms. The second-order valence-electron chi connectivity index (χ2n) is 5.53. The number of aromatic nitrogens is 2. The number of nitrogens with zero attached hydrogens (tertiary/aromatic N) is 4. The maximum Gasteiger partial charge on any atom is 0.255 e. The fourth-order valence-electron chi connectivity index (χ4n) is 2.68. The van der Waals surface area contributed by atoms with E-state index in [1.54, 1.807) is 24.4 Å². The Morgan fingerprint density at radius 2 is 1.91 bits per heavy atom. The van der Waals surface area contributed by atoms with Gasteiger partial charge in [-0.1, -0.05) is 23.2 Å². The molecule has 0 unspecified atom stereocenters. The Hall–Kier alpha value is -1.56. The maximum absolute atomic E-state index is 12.5. The fraction of sp³-hybridized carbons (Fsp3) is 0.375. The van der Waals surface area contributed by atoms with Gasteiger partial charge in [-0.05, 0) is 24.3 Å². The number of amides is 1. The second-order valence-corrected chi connectivity index (χ2v) is 6.37. The first-order valence-electron chi connectivity index (χ1n) is 7.57. The first-order valence-corrected chi connectivity index (χ1v) is 8.33. The summed E-state index contributed by atoms with van der Waals surface area (Å²) in [7, 11) is 0. The molecule has 1 saturated heterocycles. The van der Waals surface area contributed by atoms with E-state index < -0.39 is 0 Å². The molecule has 1 aromatic carbocycles. The summed E-state index contributed by atoms with van der Waals surface area (Å²) in [6.07, 6.45) is 3.74. The van der Waals surface area contributed by atoms with E-state index in [1.165, 1.54) is 0 Å². The number of piperazine rings is 1. The van der Waals surface area contributed by atoms with Crippen LogP contribution in [-0.4, -0.2) is 58.2 Å². The van der Waals surface area contributed by atoms with Crippen LogP contribution in [-0.2, 0) is 6.54 Å². The molecule has 0 radical (unpaired) electrons. The summed E-state index contributed by atoms with van der Waals surface area (Å²) in [6, 6.07) is 6.92. The van der Waals surface area contributed by atoms with Crippen LogP contribution in [0.1, 0.15) is 10.4 Å². The van der Waals surface area contributed by atoms with Crippen LogP contribution in [0.5, 0.6) is 0 Å². The molecule has 3 rings (SSSR count). The van der Waals surface area contributed by atoms with Gasteiger partial charge in [0.1, 0.15) is 0 Å². The van der Waals surface area contributed by atoms with E-state index in [0.29, 0.717) is 28.7 Å². The van der Waals surface area contributed by atoms with Gasteiger partial charge in [-0.25, -0.2) is 0 Å². The average Bonchev–Trinajstić information content (AvgIpc) is 3.06. The molecule has 1 aliphatic heterocycles. The first kappa shape index (κ1) is 16.3. The van der Waals surface area contributed by atoms with E-state index in [-0.39, 0.29) is 5.91 Å². The van der Waals surface area contributed by atoms with Crippen molar-refractivity contribution >= 4 is 29.1 Å². The molecule has 5 nitrogen and oxygen atoms in total. The minimum Gasteiger partial charge on any atom is -0.336 e. The molecule has 0 aliphatic carbocycles. The molecule has 7 heteroatoms. The van der Waals surface area contributed by atoms with Gasteiger partial charge < -0.3 is 4.90 Å². The maximum atomic E-state index is 12.5. The van der Waals surface area contributed by atoms with Crippen molar-refractivity contribution < 1.29 is 4.79 Å². The molecule has 0 spiro atoms. The fourth-order valence-corrected chi connectivity index (χ4v) is 3.17. The molecule has 1 fully saturated rings. The van der Waals surface area contributed by atoms with Crippen molar-refractivity contribution in [3.63, 3.8) is 0 Å². The highest BCUT2D eigenvalue weighted by atomic mass is 35.5. The monoisotopic (exact) mass is 352 g/mol. The molecule has 2 heterocycles. The molecule has 122 valence electrons. The van der Waals surface area contributed by atoms with E-state index in [2.05, 4.69) is 10.00 Å². The van der Waals surface area contributed by atoms with Crippen LogP contribution in [0, 0.1) is 0 Å². The second kappa shape index (κ2) is 7.34. The van der Waals surface area contributed by atoms with Crippen LogP contribution in [0.2, 0.25) is 10.0 Å². The van der Waals surface area contributed by atoms with E-state index in [9.17, 15) is 4.79 Å². The third-order valence-corrected chi connectivity index (χ3v) is 4.57. The summed E-state index contributed by atoms with van der Waals surface area (Å²) in [6.45, 7) is 4.93. The normalized spacial score (nSPS) is 15.8. The summed E-state index contributed by atoms with van der Waals surface area (Å²) in [5.74, 6) is -0.0293. The zero-order valence-electron chi connectivity index (χ0n) is 12.7. The van der Waals surface area contributed by atoms with Gasteiger partial charge in [0.15, 0.2) is 0 Å². The van der Waals surface area contributed by atoms with E-state index in [0.717, 1.165) is 26.2 Å². The summed E-state index contributed by atoms with van der Waals surface area (Å²) in [5.41, 5.74) is 0.515. The smallest absolute Gasteiger partial charge is 0.255 e. The number of carbonyl (C=O) groups excluding carboxylic acids is 1. The first-order chi connectivity index (χ1) is 11.1. The van der Waals surface area contributed by atoms with Gasteiger partial charge in [0.2, 0.25) is 0 Å². The quantitative estimate of drug-likeness (QED) is 0.849.